The fraction of sp³-hybridized carbons (Fsp3) is 0.682. The number of sulfonamides is 1. The molecule has 1 aromatic carbocycles. The van der Waals surface area contributed by atoms with E-state index in [-0.39, 0.29) is 11.5 Å². The van der Waals surface area contributed by atoms with Gasteiger partial charge in [-0.1, -0.05) is 13.8 Å². The zero-order valence-electron chi connectivity index (χ0n) is 18.7. The quantitative estimate of drug-likeness (QED) is 0.515. The second kappa shape index (κ2) is 11.1. The van der Waals surface area contributed by atoms with Crippen molar-refractivity contribution in [2.24, 2.45) is 0 Å². The van der Waals surface area contributed by atoms with E-state index in [9.17, 15) is 13.2 Å². The smallest absolute Gasteiger partial charge is 0.224 e. The summed E-state index contributed by atoms with van der Waals surface area (Å²) in [5.74, 6) is -0.0585. The van der Waals surface area contributed by atoms with Gasteiger partial charge in [0.2, 0.25) is 15.9 Å². The molecule has 30 heavy (non-hydrogen) atoms. The Morgan fingerprint density at radius 2 is 1.83 bits per heavy atom. The summed E-state index contributed by atoms with van der Waals surface area (Å²) in [4.78, 5) is 14.5. The predicted molar refractivity (Wildman–Crippen MR) is 122 cm³/mol. The van der Waals surface area contributed by atoms with Crippen molar-refractivity contribution in [3.05, 3.63) is 24.3 Å². The largest absolute Gasteiger partial charge is 0.371 e. The highest BCUT2D eigenvalue weighted by Crippen LogP contribution is 2.29. The van der Waals surface area contributed by atoms with Crippen LogP contribution >= 0.6 is 0 Å². The Kier molecular flexibility index (Phi) is 9.12. The molecule has 0 radical (unpaired) electrons. The summed E-state index contributed by atoms with van der Waals surface area (Å²) < 4.78 is 32.0. The van der Waals surface area contributed by atoms with Crippen molar-refractivity contribution in [3.8, 4) is 0 Å². The molecule has 1 amide bonds. The second-order valence-electron chi connectivity index (χ2n) is 8.20. The van der Waals surface area contributed by atoms with Gasteiger partial charge in [0, 0.05) is 37.4 Å². The fourth-order valence-corrected chi connectivity index (χ4v) is 4.28. The number of hydrogen-bond acceptors (Lipinski definition) is 5. The molecule has 0 saturated carbocycles. The molecule has 1 aliphatic heterocycles. The van der Waals surface area contributed by atoms with Gasteiger partial charge in [0.15, 0.2) is 0 Å². The Morgan fingerprint density at radius 1 is 1.17 bits per heavy atom. The maximum atomic E-state index is 12.2. The zero-order valence-corrected chi connectivity index (χ0v) is 19.6. The molecule has 0 spiro atoms. The first kappa shape index (κ1) is 24.6. The van der Waals surface area contributed by atoms with Crippen LogP contribution in [0.4, 0.5) is 11.4 Å². The third-order valence-electron chi connectivity index (χ3n) is 5.81. The molecular formula is C22H37N3O4S. The standard InChI is InChI=1S/C22H37N3O4S/c1-5-22(6-2)17-25(15-16-29-22)20-12-10-19(11-13-20)24-21(26)9-7-8-14-23-30(27,28)18(3)4/h10-13,18,23H,5-9,14-17H2,1-4H3,(H,24,26). The lowest BCUT2D eigenvalue weighted by molar-refractivity contribution is -0.116. The third kappa shape index (κ3) is 6.96. The van der Waals surface area contributed by atoms with Crippen molar-refractivity contribution < 1.29 is 17.9 Å². The lowest BCUT2D eigenvalue weighted by atomic mass is 9.94. The van der Waals surface area contributed by atoms with E-state index in [0.717, 1.165) is 43.9 Å². The first-order valence-corrected chi connectivity index (χ1v) is 12.5. The zero-order chi connectivity index (χ0) is 22.2. The summed E-state index contributed by atoms with van der Waals surface area (Å²) >= 11 is 0. The molecule has 1 saturated heterocycles. The Bertz CT molecular complexity index is 774. The van der Waals surface area contributed by atoms with Crippen LogP contribution in [-0.2, 0) is 19.6 Å². The van der Waals surface area contributed by atoms with Crippen LogP contribution in [0, 0.1) is 0 Å². The van der Waals surface area contributed by atoms with E-state index >= 15 is 0 Å². The maximum Gasteiger partial charge on any atom is 0.224 e. The third-order valence-corrected chi connectivity index (χ3v) is 7.66. The minimum absolute atomic E-state index is 0.0585. The molecule has 0 atom stereocenters. The number of hydrogen-bond donors (Lipinski definition) is 2. The van der Waals surface area contributed by atoms with Crippen LogP contribution in [0.15, 0.2) is 24.3 Å². The van der Waals surface area contributed by atoms with Crippen molar-refractivity contribution in [1.29, 1.82) is 0 Å². The van der Waals surface area contributed by atoms with Crippen LogP contribution in [0.2, 0.25) is 0 Å². The van der Waals surface area contributed by atoms with Crippen LogP contribution in [0.5, 0.6) is 0 Å². The minimum Gasteiger partial charge on any atom is -0.371 e. The number of nitrogens with zero attached hydrogens (tertiary/aromatic N) is 1. The Labute approximate surface area is 181 Å². The molecular weight excluding hydrogens is 402 g/mol. The van der Waals surface area contributed by atoms with E-state index in [1.54, 1.807) is 13.8 Å². The number of benzene rings is 1. The van der Waals surface area contributed by atoms with Crippen LogP contribution in [0.1, 0.15) is 59.8 Å². The molecule has 0 unspecified atom stereocenters. The molecule has 8 heteroatoms. The predicted octanol–water partition coefficient (Wildman–Crippen LogP) is 3.52. The number of morpholine rings is 1. The number of carbonyl (C=O) groups is 1. The maximum absolute atomic E-state index is 12.2. The van der Waals surface area contributed by atoms with E-state index in [1.165, 1.54) is 0 Å². The number of carbonyl (C=O) groups excluding carboxylic acids is 1. The van der Waals surface area contributed by atoms with Gasteiger partial charge in [-0.15, -0.1) is 0 Å². The molecule has 170 valence electrons. The van der Waals surface area contributed by atoms with E-state index in [0.29, 0.717) is 25.8 Å². The van der Waals surface area contributed by atoms with Crippen molar-refractivity contribution in [1.82, 2.24) is 4.72 Å². The first-order chi connectivity index (χ1) is 14.2. The average Bonchev–Trinajstić information content (AvgIpc) is 2.73. The summed E-state index contributed by atoms with van der Waals surface area (Å²) in [6.45, 7) is 10.5. The highest BCUT2D eigenvalue weighted by atomic mass is 32.2. The van der Waals surface area contributed by atoms with E-state index in [4.69, 9.17) is 4.74 Å². The summed E-state index contributed by atoms with van der Waals surface area (Å²) in [6.07, 6.45) is 3.62. The van der Waals surface area contributed by atoms with Crippen molar-refractivity contribution in [2.45, 2.75) is 70.7 Å². The first-order valence-electron chi connectivity index (χ1n) is 11.0. The number of ether oxygens (including phenoxy) is 1. The fourth-order valence-electron chi connectivity index (χ4n) is 3.51. The summed E-state index contributed by atoms with van der Waals surface area (Å²) in [6, 6.07) is 7.94. The van der Waals surface area contributed by atoms with Crippen LogP contribution < -0.4 is 14.9 Å². The number of nitrogens with one attached hydrogen (secondary N) is 2. The van der Waals surface area contributed by atoms with Gasteiger partial charge in [-0.05, 0) is 63.8 Å². The molecule has 2 N–H and O–H groups in total. The lowest BCUT2D eigenvalue weighted by Crippen LogP contribution is -2.51. The van der Waals surface area contributed by atoms with Gasteiger partial charge in [-0.3, -0.25) is 4.79 Å². The van der Waals surface area contributed by atoms with Gasteiger partial charge in [0.05, 0.1) is 17.5 Å². The molecule has 2 rings (SSSR count). The van der Waals surface area contributed by atoms with E-state index in [1.807, 2.05) is 24.3 Å². The minimum atomic E-state index is -3.23. The Morgan fingerprint density at radius 3 is 2.43 bits per heavy atom. The monoisotopic (exact) mass is 439 g/mol. The van der Waals surface area contributed by atoms with Crippen LogP contribution in [-0.4, -0.2) is 51.4 Å². The van der Waals surface area contributed by atoms with Crippen molar-refractivity contribution >= 4 is 27.3 Å². The molecule has 1 aromatic rings. The summed E-state index contributed by atoms with van der Waals surface area (Å²) in [5.41, 5.74) is 1.84. The molecule has 0 aliphatic carbocycles. The van der Waals surface area contributed by atoms with Gasteiger partial charge in [0.25, 0.3) is 0 Å². The van der Waals surface area contributed by atoms with Crippen LogP contribution in [0.25, 0.3) is 0 Å². The molecule has 1 heterocycles. The Hall–Kier alpha value is -1.64. The summed E-state index contributed by atoms with van der Waals surface area (Å²) in [5, 5.41) is 2.47. The molecule has 0 bridgehead atoms. The number of anilines is 2. The lowest BCUT2D eigenvalue weighted by Gasteiger charge is -2.43. The number of amides is 1. The number of unbranched alkanes of at least 4 members (excludes halogenated alkanes) is 1. The number of rotatable bonds is 11. The van der Waals surface area contributed by atoms with Crippen LogP contribution in [0.3, 0.4) is 0 Å². The second-order valence-corrected chi connectivity index (χ2v) is 10.5. The molecule has 1 aliphatic rings. The normalized spacial score (nSPS) is 16.6. The van der Waals surface area contributed by atoms with E-state index in [2.05, 4.69) is 28.8 Å². The van der Waals surface area contributed by atoms with Crippen molar-refractivity contribution in [2.75, 3.05) is 36.5 Å². The highest BCUT2D eigenvalue weighted by Gasteiger charge is 2.33. The van der Waals surface area contributed by atoms with Gasteiger partial charge < -0.3 is 15.0 Å². The van der Waals surface area contributed by atoms with Crippen molar-refractivity contribution in [3.63, 3.8) is 0 Å². The van der Waals surface area contributed by atoms with Gasteiger partial charge in [0.1, 0.15) is 0 Å². The molecule has 0 aromatic heterocycles. The summed E-state index contributed by atoms with van der Waals surface area (Å²) in [7, 11) is -3.23. The SMILES string of the molecule is CCC1(CC)CN(c2ccc(NC(=O)CCCCNS(=O)(=O)C(C)C)cc2)CCO1. The topological polar surface area (TPSA) is 87.7 Å². The Balaban J connectivity index is 1.77. The van der Waals surface area contributed by atoms with Gasteiger partial charge in [-0.2, -0.15) is 0 Å². The highest BCUT2D eigenvalue weighted by molar-refractivity contribution is 7.90. The van der Waals surface area contributed by atoms with Gasteiger partial charge in [-0.25, -0.2) is 13.1 Å². The molecule has 7 nitrogen and oxygen atoms in total. The molecule has 1 fully saturated rings. The van der Waals surface area contributed by atoms with Gasteiger partial charge >= 0.3 is 0 Å². The van der Waals surface area contributed by atoms with E-state index < -0.39 is 15.3 Å². The average molecular weight is 440 g/mol.